The third kappa shape index (κ3) is 3.56. The number of fused-ring (bicyclic) bond motifs is 1. The van der Waals surface area contributed by atoms with Crippen molar-refractivity contribution >= 4 is 11.2 Å². The maximum Gasteiger partial charge on any atom is 0.332 e. The van der Waals surface area contributed by atoms with Crippen molar-refractivity contribution in [3.63, 3.8) is 0 Å². The predicted octanol–water partition coefficient (Wildman–Crippen LogP) is 0.696. The molecule has 0 fully saturated rings. The average Bonchev–Trinajstić information content (AvgIpc) is 3.05. The van der Waals surface area contributed by atoms with Gasteiger partial charge in [-0.15, -0.1) is 0 Å². The van der Waals surface area contributed by atoms with E-state index in [0.29, 0.717) is 24.3 Å². The van der Waals surface area contributed by atoms with Gasteiger partial charge >= 0.3 is 11.2 Å². The van der Waals surface area contributed by atoms with E-state index in [1.165, 1.54) is 0 Å². The number of hydrogen-bond donors (Lipinski definition) is 2. The molecule has 0 saturated heterocycles. The second kappa shape index (κ2) is 7.48. The first-order valence-electron chi connectivity index (χ1n) is 8.64. The zero-order chi connectivity index (χ0) is 17.8. The normalized spacial score (nSPS) is 11.5. The highest BCUT2D eigenvalue weighted by molar-refractivity contribution is 5.64. The van der Waals surface area contributed by atoms with Gasteiger partial charge in [-0.3, -0.25) is 19.2 Å². The molecule has 0 aliphatic heterocycles. The number of H-pyrrole nitrogens is 2. The summed E-state index contributed by atoms with van der Waals surface area (Å²) in [6, 6.07) is 9.72. The maximum atomic E-state index is 12.3. The summed E-state index contributed by atoms with van der Waals surface area (Å²) in [6.45, 7) is 8.12. The Kier molecular flexibility index (Phi) is 5.14. The second-order valence-electron chi connectivity index (χ2n) is 6.02. The Hall–Kier alpha value is -2.67. The van der Waals surface area contributed by atoms with Crippen LogP contribution in [0.2, 0.25) is 0 Å². The van der Waals surface area contributed by atoms with Crippen molar-refractivity contribution in [2.24, 2.45) is 0 Å². The number of likely N-dealkylation sites (N-methyl/N-ethyl adjacent to an activating group) is 1. The topological polar surface area (TPSA) is 77.8 Å². The summed E-state index contributed by atoms with van der Waals surface area (Å²) in [5, 5.41) is 0. The molecule has 7 heteroatoms. The lowest BCUT2D eigenvalue weighted by atomic mass is 10.2. The van der Waals surface area contributed by atoms with Crippen LogP contribution in [0.1, 0.15) is 19.4 Å². The Bertz CT molecular complexity index is 951. The van der Waals surface area contributed by atoms with Gasteiger partial charge in [-0.05, 0) is 18.7 Å². The molecule has 25 heavy (non-hydrogen) atoms. The van der Waals surface area contributed by atoms with Crippen LogP contribution in [-0.4, -0.2) is 39.1 Å². The molecule has 0 aliphatic carbocycles. The highest BCUT2D eigenvalue weighted by Gasteiger charge is 2.19. The van der Waals surface area contributed by atoms with E-state index in [1.54, 1.807) is 10.9 Å². The van der Waals surface area contributed by atoms with E-state index in [9.17, 15) is 9.59 Å². The van der Waals surface area contributed by atoms with Crippen molar-refractivity contribution in [1.82, 2.24) is 19.4 Å². The first-order valence-corrected chi connectivity index (χ1v) is 8.64. The fourth-order valence-corrected chi connectivity index (χ4v) is 3.06. The van der Waals surface area contributed by atoms with Gasteiger partial charge in [0.15, 0.2) is 0 Å². The summed E-state index contributed by atoms with van der Waals surface area (Å²) in [4.78, 5) is 32.5. The molecule has 0 atom stereocenters. The number of aromatic amines is 2. The van der Waals surface area contributed by atoms with Gasteiger partial charge in [0, 0.05) is 6.54 Å². The summed E-state index contributed by atoms with van der Waals surface area (Å²) >= 11 is 0. The molecule has 3 rings (SSSR count). The molecule has 7 nitrogen and oxygen atoms in total. The first-order chi connectivity index (χ1) is 12.1. The van der Waals surface area contributed by atoms with Gasteiger partial charge in [-0.1, -0.05) is 44.2 Å². The van der Waals surface area contributed by atoms with Gasteiger partial charge in [0.2, 0.25) is 6.33 Å². The SMILES string of the molecule is CCN(CC)CC[n+]1c[nH]c2c1c(=O)[nH]c(=O)n2Cc1ccccc1. The molecule has 2 N–H and O–H groups in total. The lowest BCUT2D eigenvalue weighted by Gasteiger charge is -2.16. The Morgan fingerprint density at radius 2 is 1.84 bits per heavy atom. The summed E-state index contributed by atoms with van der Waals surface area (Å²) < 4.78 is 3.45. The van der Waals surface area contributed by atoms with Crippen LogP contribution in [0.4, 0.5) is 0 Å². The van der Waals surface area contributed by atoms with Crippen LogP contribution in [0, 0.1) is 0 Å². The van der Waals surface area contributed by atoms with E-state index in [4.69, 9.17) is 0 Å². The van der Waals surface area contributed by atoms with Gasteiger partial charge in [-0.25, -0.2) is 14.3 Å². The van der Waals surface area contributed by atoms with E-state index in [-0.39, 0.29) is 5.56 Å². The van der Waals surface area contributed by atoms with Crippen molar-refractivity contribution in [3.05, 3.63) is 63.1 Å². The summed E-state index contributed by atoms with van der Waals surface area (Å²) in [7, 11) is 0. The van der Waals surface area contributed by atoms with Crippen LogP contribution in [0.5, 0.6) is 0 Å². The van der Waals surface area contributed by atoms with Gasteiger partial charge in [0.05, 0.1) is 6.54 Å². The molecule has 2 aromatic heterocycles. The van der Waals surface area contributed by atoms with Crippen molar-refractivity contribution in [1.29, 1.82) is 0 Å². The molecular formula is C18H24N5O2+. The molecule has 132 valence electrons. The smallest absolute Gasteiger partial charge is 0.300 e. The van der Waals surface area contributed by atoms with Crippen LogP contribution in [0.15, 0.2) is 46.2 Å². The number of hydrogen-bond acceptors (Lipinski definition) is 3. The minimum absolute atomic E-state index is 0.356. The average molecular weight is 342 g/mol. The summed E-state index contributed by atoms with van der Waals surface area (Å²) in [5.41, 5.74) is 1.30. The molecule has 3 aromatic rings. The van der Waals surface area contributed by atoms with Gasteiger partial charge in [-0.2, -0.15) is 0 Å². The Morgan fingerprint density at radius 3 is 2.52 bits per heavy atom. The van der Waals surface area contributed by atoms with Crippen molar-refractivity contribution in [3.8, 4) is 0 Å². The van der Waals surface area contributed by atoms with Crippen LogP contribution in [0.3, 0.4) is 0 Å². The minimum atomic E-state index is -0.404. The number of nitrogens with zero attached hydrogens (tertiary/aromatic N) is 3. The molecule has 0 spiro atoms. The van der Waals surface area contributed by atoms with Crippen LogP contribution in [-0.2, 0) is 13.1 Å². The molecule has 0 aliphatic rings. The second-order valence-corrected chi connectivity index (χ2v) is 6.02. The van der Waals surface area contributed by atoms with E-state index < -0.39 is 5.69 Å². The van der Waals surface area contributed by atoms with E-state index in [1.807, 2.05) is 34.9 Å². The van der Waals surface area contributed by atoms with Gasteiger partial charge < -0.3 is 0 Å². The highest BCUT2D eigenvalue weighted by Crippen LogP contribution is 2.05. The Balaban J connectivity index is 1.99. The molecule has 2 heterocycles. The van der Waals surface area contributed by atoms with Crippen molar-refractivity contribution in [2.45, 2.75) is 26.9 Å². The largest absolute Gasteiger partial charge is 0.332 e. The van der Waals surface area contributed by atoms with Crippen LogP contribution in [0.25, 0.3) is 11.2 Å². The third-order valence-corrected chi connectivity index (χ3v) is 4.55. The fourth-order valence-electron chi connectivity index (χ4n) is 3.06. The van der Waals surface area contributed by atoms with E-state index >= 15 is 0 Å². The van der Waals surface area contributed by atoms with Gasteiger partial charge in [0.25, 0.3) is 11.2 Å². The van der Waals surface area contributed by atoms with Crippen LogP contribution >= 0.6 is 0 Å². The number of rotatable bonds is 7. The molecule has 0 radical (unpaired) electrons. The standard InChI is InChI=1S/C18H23N5O2/c1-3-21(4-2)10-11-22-13-19-16-15(22)17(24)20-18(25)23(16)12-14-8-6-5-7-9-14/h5-9,13H,3-4,10-12H2,1-2H3,(H,20,24,25)/p+1. The summed E-state index contributed by atoms with van der Waals surface area (Å²) in [5.74, 6) is 0. The highest BCUT2D eigenvalue weighted by atomic mass is 16.2. The molecule has 0 saturated carbocycles. The quantitative estimate of drug-likeness (QED) is 0.620. The van der Waals surface area contributed by atoms with E-state index in [0.717, 1.165) is 25.2 Å². The van der Waals surface area contributed by atoms with Gasteiger partial charge in [0.1, 0.15) is 6.54 Å². The molecular weight excluding hydrogens is 318 g/mol. The Labute approximate surface area is 145 Å². The molecule has 0 bridgehead atoms. The summed E-state index contributed by atoms with van der Waals surface area (Å²) in [6.07, 6.45) is 1.77. The minimum Gasteiger partial charge on any atom is -0.300 e. The third-order valence-electron chi connectivity index (χ3n) is 4.55. The lowest BCUT2D eigenvalue weighted by molar-refractivity contribution is -0.671. The molecule has 0 unspecified atom stereocenters. The zero-order valence-electron chi connectivity index (χ0n) is 14.7. The van der Waals surface area contributed by atoms with E-state index in [2.05, 4.69) is 28.7 Å². The number of benzene rings is 1. The fraction of sp³-hybridized carbons (Fsp3) is 0.389. The number of aromatic nitrogens is 4. The first kappa shape index (κ1) is 17.2. The predicted molar refractivity (Wildman–Crippen MR) is 96.7 cm³/mol. The number of imidazole rings is 1. The zero-order valence-corrected chi connectivity index (χ0v) is 14.7. The lowest BCUT2D eigenvalue weighted by Crippen LogP contribution is -2.43. The Morgan fingerprint density at radius 1 is 1.12 bits per heavy atom. The monoisotopic (exact) mass is 342 g/mol. The molecule has 1 aromatic carbocycles. The van der Waals surface area contributed by atoms with Crippen molar-refractivity contribution in [2.75, 3.05) is 19.6 Å². The van der Waals surface area contributed by atoms with Crippen LogP contribution < -0.4 is 15.8 Å². The van der Waals surface area contributed by atoms with Crippen molar-refractivity contribution < 1.29 is 4.57 Å². The number of nitrogens with one attached hydrogen (secondary N) is 2. The molecule has 0 amide bonds. The maximum absolute atomic E-state index is 12.3.